The Morgan fingerprint density at radius 1 is 1.21 bits per heavy atom. The summed E-state index contributed by atoms with van der Waals surface area (Å²) < 4.78 is 11.3. The maximum atomic E-state index is 9.16. The van der Waals surface area contributed by atoms with E-state index in [1.165, 1.54) is 11.1 Å². The summed E-state index contributed by atoms with van der Waals surface area (Å²) in [6, 6.07) is 4.37. The van der Waals surface area contributed by atoms with Gasteiger partial charge in [-0.1, -0.05) is 0 Å². The van der Waals surface area contributed by atoms with E-state index in [1.807, 2.05) is 13.8 Å². The van der Waals surface area contributed by atoms with E-state index in [0.29, 0.717) is 13.2 Å². The molecule has 0 radical (unpaired) electrons. The van der Waals surface area contributed by atoms with Crippen LogP contribution in [0.25, 0.3) is 0 Å². The second-order valence-corrected chi connectivity index (χ2v) is 4.63. The summed E-state index contributed by atoms with van der Waals surface area (Å²) in [5, 5.41) is 12.6. The first-order valence-corrected chi connectivity index (χ1v) is 7.06. The third-order valence-electron chi connectivity index (χ3n) is 3.38. The van der Waals surface area contributed by atoms with Gasteiger partial charge in [0.05, 0.1) is 13.2 Å². The van der Waals surface area contributed by atoms with Gasteiger partial charge in [-0.05, 0) is 56.5 Å². The van der Waals surface area contributed by atoms with Crippen LogP contribution < -0.4 is 14.8 Å². The van der Waals surface area contributed by atoms with E-state index in [4.69, 9.17) is 14.6 Å². The van der Waals surface area contributed by atoms with Crippen LogP contribution in [0.2, 0.25) is 0 Å². The highest BCUT2D eigenvalue weighted by molar-refractivity contribution is 5.49. The molecule has 1 aromatic carbocycles. The molecule has 0 saturated heterocycles. The lowest BCUT2D eigenvalue weighted by Gasteiger charge is -2.28. The molecule has 4 nitrogen and oxygen atoms in total. The molecule has 2 N–H and O–H groups in total. The zero-order chi connectivity index (χ0) is 13.7. The third-order valence-corrected chi connectivity index (χ3v) is 3.38. The van der Waals surface area contributed by atoms with Crippen LogP contribution in [0.15, 0.2) is 12.1 Å². The number of fused-ring (bicyclic) bond motifs is 1. The summed E-state index contributed by atoms with van der Waals surface area (Å²) in [7, 11) is 0. The number of aliphatic hydroxyl groups excluding tert-OH is 1. The lowest BCUT2D eigenvalue weighted by molar-refractivity contribution is 0.261. The van der Waals surface area contributed by atoms with Crippen molar-refractivity contribution in [1.82, 2.24) is 5.32 Å². The number of nitrogens with one attached hydrogen (secondary N) is 1. The van der Waals surface area contributed by atoms with Crippen LogP contribution in [0, 0.1) is 0 Å². The predicted molar refractivity (Wildman–Crippen MR) is 74.9 cm³/mol. The van der Waals surface area contributed by atoms with Crippen molar-refractivity contribution in [2.45, 2.75) is 32.7 Å². The van der Waals surface area contributed by atoms with Crippen LogP contribution in [0.1, 0.15) is 37.4 Å². The average Bonchev–Trinajstić information content (AvgIpc) is 2.41. The molecule has 1 aliphatic heterocycles. The van der Waals surface area contributed by atoms with Crippen LogP contribution in [-0.4, -0.2) is 31.5 Å². The Bertz CT molecular complexity index is 420. The Hall–Kier alpha value is -1.26. The fourth-order valence-corrected chi connectivity index (χ4v) is 2.57. The largest absolute Gasteiger partial charge is 0.490 e. The minimum Gasteiger partial charge on any atom is -0.490 e. The van der Waals surface area contributed by atoms with Gasteiger partial charge in [0, 0.05) is 12.6 Å². The molecule has 106 valence electrons. The summed E-state index contributed by atoms with van der Waals surface area (Å²) in [5.74, 6) is 1.63. The molecule has 0 spiro atoms. The van der Waals surface area contributed by atoms with Gasteiger partial charge in [-0.3, -0.25) is 0 Å². The van der Waals surface area contributed by atoms with Crippen molar-refractivity contribution in [3.8, 4) is 11.5 Å². The van der Waals surface area contributed by atoms with Crippen LogP contribution in [0.5, 0.6) is 11.5 Å². The molecule has 1 aliphatic rings. The summed E-state index contributed by atoms with van der Waals surface area (Å²) in [6.45, 7) is 6.34. The molecule has 0 aromatic heterocycles. The standard InChI is InChI=1S/C15H23NO3/c1-3-18-14-9-11-5-7-16-13(6-8-17)12(11)10-15(14)19-4-2/h9-10,13,16-17H,3-8H2,1-2H3/t13-/m0/s1. The van der Waals surface area contributed by atoms with Gasteiger partial charge in [0.25, 0.3) is 0 Å². The normalized spacial score (nSPS) is 17.9. The van der Waals surface area contributed by atoms with Gasteiger partial charge in [-0.25, -0.2) is 0 Å². The van der Waals surface area contributed by atoms with E-state index in [9.17, 15) is 0 Å². The number of benzene rings is 1. The van der Waals surface area contributed by atoms with Gasteiger partial charge in [0.15, 0.2) is 11.5 Å². The molecular weight excluding hydrogens is 242 g/mol. The molecule has 0 unspecified atom stereocenters. The fraction of sp³-hybridized carbons (Fsp3) is 0.600. The molecule has 0 aliphatic carbocycles. The molecule has 0 fully saturated rings. The second kappa shape index (κ2) is 6.78. The zero-order valence-electron chi connectivity index (χ0n) is 11.7. The first-order valence-electron chi connectivity index (χ1n) is 7.06. The van der Waals surface area contributed by atoms with E-state index < -0.39 is 0 Å². The van der Waals surface area contributed by atoms with Gasteiger partial charge in [-0.15, -0.1) is 0 Å². The van der Waals surface area contributed by atoms with Crippen LogP contribution >= 0.6 is 0 Å². The summed E-state index contributed by atoms with van der Waals surface area (Å²) >= 11 is 0. The Kier molecular flexibility index (Phi) is 5.05. The van der Waals surface area contributed by atoms with Gasteiger partial charge >= 0.3 is 0 Å². The van der Waals surface area contributed by atoms with E-state index in [-0.39, 0.29) is 12.6 Å². The molecular formula is C15H23NO3. The summed E-state index contributed by atoms with van der Waals surface area (Å²) in [6.07, 6.45) is 1.72. The predicted octanol–water partition coefficient (Wildman–Crippen LogP) is 2.05. The molecule has 19 heavy (non-hydrogen) atoms. The summed E-state index contributed by atoms with van der Waals surface area (Å²) in [4.78, 5) is 0. The first kappa shape index (κ1) is 14.2. The van der Waals surface area contributed by atoms with Crippen molar-refractivity contribution >= 4 is 0 Å². The number of ether oxygens (including phenoxy) is 2. The van der Waals surface area contributed by atoms with E-state index in [2.05, 4.69) is 17.4 Å². The molecule has 0 saturated carbocycles. The van der Waals surface area contributed by atoms with Gasteiger partial charge in [0.1, 0.15) is 0 Å². The third kappa shape index (κ3) is 3.19. The van der Waals surface area contributed by atoms with Gasteiger partial charge in [-0.2, -0.15) is 0 Å². The smallest absolute Gasteiger partial charge is 0.161 e. The van der Waals surface area contributed by atoms with Crippen molar-refractivity contribution in [2.24, 2.45) is 0 Å². The van der Waals surface area contributed by atoms with E-state index in [0.717, 1.165) is 30.9 Å². The maximum Gasteiger partial charge on any atom is 0.161 e. The highest BCUT2D eigenvalue weighted by Crippen LogP contribution is 2.36. The van der Waals surface area contributed by atoms with E-state index >= 15 is 0 Å². The number of rotatable bonds is 6. The molecule has 0 bridgehead atoms. The van der Waals surface area contributed by atoms with Crippen molar-refractivity contribution in [3.05, 3.63) is 23.3 Å². The number of aliphatic hydroxyl groups is 1. The number of hydrogen-bond donors (Lipinski definition) is 2. The molecule has 1 heterocycles. The monoisotopic (exact) mass is 265 g/mol. The molecule has 0 amide bonds. The van der Waals surface area contributed by atoms with Crippen LogP contribution in [-0.2, 0) is 6.42 Å². The molecule has 1 aromatic rings. The highest BCUT2D eigenvalue weighted by Gasteiger charge is 2.22. The number of hydrogen-bond acceptors (Lipinski definition) is 4. The SMILES string of the molecule is CCOc1cc2c(cc1OCC)[C@H](CCO)NCC2. The topological polar surface area (TPSA) is 50.7 Å². The van der Waals surface area contributed by atoms with Crippen molar-refractivity contribution in [2.75, 3.05) is 26.4 Å². The van der Waals surface area contributed by atoms with Crippen molar-refractivity contribution < 1.29 is 14.6 Å². The van der Waals surface area contributed by atoms with Crippen molar-refractivity contribution in [3.63, 3.8) is 0 Å². The first-order chi connectivity index (χ1) is 9.30. The van der Waals surface area contributed by atoms with E-state index in [1.54, 1.807) is 0 Å². The molecule has 2 rings (SSSR count). The lowest BCUT2D eigenvalue weighted by Crippen LogP contribution is -2.30. The van der Waals surface area contributed by atoms with Gasteiger partial charge in [0.2, 0.25) is 0 Å². The summed E-state index contributed by atoms with van der Waals surface area (Å²) in [5.41, 5.74) is 2.52. The quantitative estimate of drug-likeness (QED) is 0.826. The van der Waals surface area contributed by atoms with Crippen LogP contribution in [0.4, 0.5) is 0 Å². The van der Waals surface area contributed by atoms with Crippen molar-refractivity contribution in [1.29, 1.82) is 0 Å². The molecule has 1 atom stereocenters. The average molecular weight is 265 g/mol. The lowest BCUT2D eigenvalue weighted by atomic mass is 9.92. The second-order valence-electron chi connectivity index (χ2n) is 4.63. The fourth-order valence-electron chi connectivity index (χ4n) is 2.57. The zero-order valence-corrected chi connectivity index (χ0v) is 11.7. The Balaban J connectivity index is 2.35. The Morgan fingerprint density at radius 3 is 2.53 bits per heavy atom. The minimum absolute atomic E-state index is 0.189. The Labute approximate surface area is 114 Å². The van der Waals surface area contributed by atoms with Crippen LogP contribution in [0.3, 0.4) is 0 Å². The molecule has 4 heteroatoms. The Morgan fingerprint density at radius 2 is 1.89 bits per heavy atom. The maximum absolute atomic E-state index is 9.16. The highest BCUT2D eigenvalue weighted by atomic mass is 16.5. The minimum atomic E-state index is 0.189. The van der Waals surface area contributed by atoms with Gasteiger partial charge < -0.3 is 19.9 Å².